The molecule has 8 nitrogen and oxygen atoms in total. The number of ether oxygens (including phenoxy) is 2. The first kappa shape index (κ1) is 22.4. The standard InChI is InChI=1S/C21H29N3O5/c1-13(2)12-17(25)22-16-8-6-15(7-9-16)19-18(20(26)29-11-10-28-5)14(3)24(4)21(27)23-19/h6-9,13,19H,10-12H2,1-5H3,(H,22,25)(H,23,27). The summed E-state index contributed by atoms with van der Waals surface area (Å²) >= 11 is 0. The summed E-state index contributed by atoms with van der Waals surface area (Å²) in [5, 5.41) is 5.67. The Bertz CT molecular complexity index is 786. The Labute approximate surface area is 171 Å². The second-order valence-electron chi connectivity index (χ2n) is 7.34. The first-order chi connectivity index (χ1) is 13.7. The topological polar surface area (TPSA) is 97.0 Å². The van der Waals surface area contributed by atoms with Crippen LogP contribution in [0.25, 0.3) is 0 Å². The third kappa shape index (κ3) is 5.80. The van der Waals surface area contributed by atoms with E-state index in [1.165, 1.54) is 12.0 Å². The number of nitrogens with zero attached hydrogens (tertiary/aromatic N) is 1. The summed E-state index contributed by atoms with van der Waals surface area (Å²) in [6.07, 6.45) is 0.437. The van der Waals surface area contributed by atoms with Crippen LogP contribution in [-0.4, -0.2) is 50.2 Å². The SMILES string of the molecule is COCCOC(=O)C1=C(C)N(C)C(=O)NC1c1ccc(NC(=O)CC(C)C)cc1. The number of nitrogens with one attached hydrogen (secondary N) is 2. The molecule has 1 aromatic carbocycles. The maximum absolute atomic E-state index is 12.7. The van der Waals surface area contributed by atoms with Crippen molar-refractivity contribution in [1.82, 2.24) is 10.2 Å². The number of carbonyl (C=O) groups is 3. The molecule has 0 saturated carbocycles. The zero-order chi connectivity index (χ0) is 21.6. The molecular formula is C21H29N3O5. The van der Waals surface area contributed by atoms with E-state index in [0.29, 0.717) is 28.9 Å². The van der Waals surface area contributed by atoms with Crippen LogP contribution in [0, 0.1) is 5.92 Å². The molecule has 0 aromatic heterocycles. The number of allylic oxidation sites excluding steroid dienone is 1. The number of esters is 1. The molecule has 8 heteroatoms. The fourth-order valence-corrected chi connectivity index (χ4v) is 2.99. The number of carbonyl (C=O) groups excluding carboxylic acids is 3. The molecule has 0 aliphatic carbocycles. The molecule has 0 radical (unpaired) electrons. The number of hydrogen-bond donors (Lipinski definition) is 2. The smallest absolute Gasteiger partial charge is 0.338 e. The molecule has 1 aliphatic heterocycles. The van der Waals surface area contributed by atoms with Crippen molar-refractivity contribution in [3.63, 3.8) is 0 Å². The van der Waals surface area contributed by atoms with Gasteiger partial charge in [0.15, 0.2) is 0 Å². The van der Waals surface area contributed by atoms with Crippen LogP contribution in [0.3, 0.4) is 0 Å². The van der Waals surface area contributed by atoms with Crippen molar-refractivity contribution in [3.8, 4) is 0 Å². The number of urea groups is 1. The molecule has 2 N–H and O–H groups in total. The predicted molar refractivity (Wildman–Crippen MR) is 109 cm³/mol. The van der Waals surface area contributed by atoms with Gasteiger partial charge in [-0.25, -0.2) is 9.59 Å². The van der Waals surface area contributed by atoms with Gasteiger partial charge >= 0.3 is 12.0 Å². The average Bonchev–Trinajstić information content (AvgIpc) is 2.66. The molecule has 1 aromatic rings. The van der Waals surface area contributed by atoms with E-state index < -0.39 is 12.0 Å². The van der Waals surface area contributed by atoms with Gasteiger partial charge in [-0.1, -0.05) is 26.0 Å². The summed E-state index contributed by atoms with van der Waals surface area (Å²) in [6.45, 7) is 6.08. The molecule has 158 valence electrons. The average molecular weight is 403 g/mol. The Morgan fingerprint density at radius 2 is 1.86 bits per heavy atom. The Balaban J connectivity index is 2.24. The van der Waals surface area contributed by atoms with Crippen LogP contribution in [0.2, 0.25) is 0 Å². The maximum Gasteiger partial charge on any atom is 0.338 e. The molecule has 1 atom stereocenters. The van der Waals surface area contributed by atoms with Gasteiger partial charge < -0.3 is 25.0 Å². The number of benzene rings is 1. The lowest BCUT2D eigenvalue weighted by Gasteiger charge is -2.33. The molecule has 0 fully saturated rings. The van der Waals surface area contributed by atoms with E-state index in [1.807, 2.05) is 13.8 Å². The van der Waals surface area contributed by atoms with Crippen LogP contribution >= 0.6 is 0 Å². The molecule has 3 amide bonds. The van der Waals surface area contributed by atoms with Crippen LogP contribution in [0.15, 0.2) is 35.5 Å². The highest BCUT2D eigenvalue weighted by Crippen LogP contribution is 2.31. The van der Waals surface area contributed by atoms with Crippen LogP contribution < -0.4 is 10.6 Å². The Kier molecular flexibility index (Phi) is 7.78. The fourth-order valence-electron chi connectivity index (χ4n) is 2.99. The molecule has 0 spiro atoms. The third-order valence-corrected chi connectivity index (χ3v) is 4.62. The van der Waals surface area contributed by atoms with Crippen molar-refractivity contribution in [2.75, 3.05) is 32.7 Å². The second-order valence-corrected chi connectivity index (χ2v) is 7.34. The molecule has 29 heavy (non-hydrogen) atoms. The second kappa shape index (κ2) is 10.1. The van der Waals surface area contributed by atoms with E-state index in [2.05, 4.69) is 10.6 Å². The van der Waals surface area contributed by atoms with E-state index in [9.17, 15) is 14.4 Å². The number of methoxy groups -OCH3 is 1. The minimum Gasteiger partial charge on any atom is -0.460 e. The largest absolute Gasteiger partial charge is 0.460 e. The van der Waals surface area contributed by atoms with Crippen molar-refractivity contribution in [2.24, 2.45) is 5.92 Å². The van der Waals surface area contributed by atoms with Crippen LogP contribution in [0.5, 0.6) is 0 Å². The highest BCUT2D eigenvalue weighted by Gasteiger charge is 2.35. The van der Waals surface area contributed by atoms with Crippen LogP contribution in [0.1, 0.15) is 38.8 Å². The molecule has 2 rings (SSSR count). The normalized spacial score (nSPS) is 16.7. The first-order valence-corrected chi connectivity index (χ1v) is 9.55. The zero-order valence-corrected chi connectivity index (χ0v) is 17.6. The van der Waals surface area contributed by atoms with Gasteiger partial charge in [-0.05, 0) is 30.5 Å². The zero-order valence-electron chi connectivity index (χ0n) is 17.6. The van der Waals surface area contributed by atoms with Gasteiger partial charge in [0.2, 0.25) is 5.91 Å². The van der Waals surface area contributed by atoms with E-state index >= 15 is 0 Å². The summed E-state index contributed by atoms with van der Waals surface area (Å²) in [5.74, 6) is -0.298. The van der Waals surface area contributed by atoms with Gasteiger partial charge in [0, 0.05) is 32.0 Å². The lowest BCUT2D eigenvalue weighted by Crippen LogP contribution is -2.46. The van der Waals surface area contributed by atoms with Crippen LogP contribution in [-0.2, 0) is 19.1 Å². The molecule has 1 heterocycles. The van der Waals surface area contributed by atoms with Gasteiger partial charge in [0.05, 0.1) is 18.2 Å². The van der Waals surface area contributed by atoms with Crippen molar-refractivity contribution in [2.45, 2.75) is 33.2 Å². The number of rotatable bonds is 8. The predicted octanol–water partition coefficient (Wildman–Crippen LogP) is 2.83. The van der Waals surface area contributed by atoms with E-state index in [-0.39, 0.29) is 31.1 Å². The van der Waals surface area contributed by atoms with Crippen molar-refractivity contribution in [1.29, 1.82) is 0 Å². The van der Waals surface area contributed by atoms with Crippen molar-refractivity contribution in [3.05, 3.63) is 41.1 Å². The maximum atomic E-state index is 12.7. The van der Waals surface area contributed by atoms with E-state index in [4.69, 9.17) is 9.47 Å². The van der Waals surface area contributed by atoms with Crippen LogP contribution in [0.4, 0.5) is 10.5 Å². The van der Waals surface area contributed by atoms with E-state index in [0.717, 1.165) is 0 Å². The third-order valence-electron chi connectivity index (χ3n) is 4.62. The highest BCUT2D eigenvalue weighted by atomic mass is 16.6. The Hall–Kier alpha value is -2.87. The molecule has 0 saturated heterocycles. The van der Waals surface area contributed by atoms with Gasteiger partial charge in [-0.2, -0.15) is 0 Å². The first-order valence-electron chi connectivity index (χ1n) is 9.55. The highest BCUT2D eigenvalue weighted by molar-refractivity contribution is 5.95. The molecule has 1 aliphatic rings. The van der Waals surface area contributed by atoms with Gasteiger partial charge in [-0.15, -0.1) is 0 Å². The van der Waals surface area contributed by atoms with Crippen molar-refractivity contribution < 1.29 is 23.9 Å². The summed E-state index contributed by atoms with van der Waals surface area (Å²) in [4.78, 5) is 38.3. The van der Waals surface area contributed by atoms with E-state index in [1.54, 1.807) is 38.2 Å². The number of hydrogen-bond acceptors (Lipinski definition) is 5. The summed E-state index contributed by atoms with van der Waals surface area (Å²) in [7, 11) is 3.12. The minimum atomic E-state index is -0.644. The Morgan fingerprint density at radius 3 is 2.45 bits per heavy atom. The number of amides is 3. The van der Waals surface area contributed by atoms with Gasteiger partial charge in [0.1, 0.15) is 6.61 Å². The summed E-state index contributed by atoms with van der Waals surface area (Å²) in [5.41, 5.74) is 2.25. The number of anilines is 1. The molecule has 1 unspecified atom stereocenters. The molecule has 0 bridgehead atoms. The fraction of sp³-hybridized carbons (Fsp3) is 0.476. The lowest BCUT2D eigenvalue weighted by atomic mass is 9.95. The quantitative estimate of drug-likeness (QED) is 0.514. The summed E-state index contributed by atoms with van der Waals surface area (Å²) < 4.78 is 10.2. The summed E-state index contributed by atoms with van der Waals surface area (Å²) in [6, 6.07) is 6.10. The minimum absolute atomic E-state index is 0.0569. The monoisotopic (exact) mass is 403 g/mol. The lowest BCUT2D eigenvalue weighted by molar-refractivity contribution is -0.140. The Morgan fingerprint density at radius 1 is 1.21 bits per heavy atom. The van der Waals surface area contributed by atoms with Gasteiger partial charge in [0.25, 0.3) is 0 Å². The van der Waals surface area contributed by atoms with Gasteiger partial charge in [-0.3, -0.25) is 4.79 Å². The van der Waals surface area contributed by atoms with Crippen molar-refractivity contribution >= 4 is 23.6 Å². The molecular weight excluding hydrogens is 374 g/mol.